The van der Waals surface area contributed by atoms with E-state index in [-0.39, 0.29) is 12.0 Å². The minimum atomic E-state index is -0.979. The Morgan fingerprint density at radius 1 is 1.32 bits per heavy atom. The van der Waals surface area contributed by atoms with Crippen molar-refractivity contribution in [3.8, 4) is 6.07 Å². The summed E-state index contributed by atoms with van der Waals surface area (Å²) in [4.78, 5) is 24.8. The summed E-state index contributed by atoms with van der Waals surface area (Å²) in [5.74, 6) is -0.212. The number of carboxylic acid groups (broad SMARTS) is 1. The Kier molecular flexibility index (Phi) is 5.49. The van der Waals surface area contributed by atoms with Crippen LogP contribution in [0.2, 0.25) is 0 Å². The van der Waals surface area contributed by atoms with Gasteiger partial charge in [0.05, 0.1) is 25.1 Å². The molecule has 1 aliphatic rings. The molecule has 1 aromatic carbocycles. The van der Waals surface area contributed by atoms with Crippen LogP contribution in [0.4, 0.5) is 16.3 Å². The second-order valence-electron chi connectivity index (χ2n) is 6.65. The van der Waals surface area contributed by atoms with Crippen molar-refractivity contribution < 1.29 is 19.4 Å². The van der Waals surface area contributed by atoms with Crippen molar-refractivity contribution in [3.63, 3.8) is 0 Å². The first-order valence-corrected chi connectivity index (χ1v) is 8.84. The van der Waals surface area contributed by atoms with Gasteiger partial charge in [0.15, 0.2) is 5.82 Å². The van der Waals surface area contributed by atoms with E-state index in [1.165, 1.54) is 12.0 Å². The number of esters is 1. The number of nitriles is 1. The summed E-state index contributed by atoms with van der Waals surface area (Å²) in [6.45, 7) is 0.595. The van der Waals surface area contributed by atoms with Crippen LogP contribution in [-0.4, -0.2) is 52.0 Å². The summed E-state index contributed by atoms with van der Waals surface area (Å²) in [5, 5.41) is 26.2. The molecule has 9 nitrogen and oxygen atoms in total. The predicted octanol–water partition coefficient (Wildman–Crippen LogP) is 2.80. The lowest BCUT2D eigenvalue weighted by Crippen LogP contribution is -2.47. The number of para-hydroxylation sites is 1. The number of nitrogens with one attached hydrogen (secondary N) is 1. The molecule has 0 unspecified atom stereocenters. The number of amides is 1. The van der Waals surface area contributed by atoms with Gasteiger partial charge in [0.2, 0.25) is 0 Å². The lowest BCUT2D eigenvalue weighted by Gasteiger charge is -2.39. The summed E-state index contributed by atoms with van der Waals surface area (Å²) >= 11 is 0. The number of methoxy groups -OCH3 is 1. The van der Waals surface area contributed by atoms with Crippen molar-refractivity contribution >= 4 is 23.6 Å². The third-order valence-electron chi connectivity index (χ3n) is 5.01. The fourth-order valence-corrected chi connectivity index (χ4v) is 3.38. The standard InChI is InChI=1S/C19H21N5O4/c1-28-17(25)15-13-24(22-16(15)21-14-5-3-2-4-6-14)19(7-10-20)8-11-23(12-9-19)18(26)27/h2-6,13H,7-9,11-12H2,1H3,(H,21,22)(H,26,27). The first-order valence-electron chi connectivity index (χ1n) is 8.84. The molecule has 0 radical (unpaired) electrons. The number of carbonyl (C=O) groups excluding carboxylic acids is 1. The molecular formula is C19H21N5O4. The Morgan fingerprint density at radius 3 is 2.57 bits per heavy atom. The number of nitrogens with zero attached hydrogens (tertiary/aromatic N) is 4. The van der Waals surface area contributed by atoms with Crippen LogP contribution in [-0.2, 0) is 10.3 Å². The molecular weight excluding hydrogens is 362 g/mol. The number of rotatable bonds is 5. The maximum Gasteiger partial charge on any atom is 0.407 e. The highest BCUT2D eigenvalue weighted by Crippen LogP contribution is 2.35. The van der Waals surface area contributed by atoms with E-state index in [0.29, 0.717) is 31.7 Å². The summed E-state index contributed by atoms with van der Waals surface area (Å²) in [7, 11) is 1.29. The Hall–Kier alpha value is -3.54. The van der Waals surface area contributed by atoms with Gasteiger partial charge >= 0.3 is 12.1 Å². The number of anilines is 2. The SMILES string of the molecule is COC(=O)c1cn(C2(CC#N)CCN(C(=O)O)CC2)nc1Nc1ccccc1. The highest BCUT2D eigenvalue weighted by Gasteiger charge is 2.39. The average molecular weight is 383 g/mol. The van der Waals surface area contributed by atoms with Crippen LogP contribution >= 0.6 is 0 Å². The van der Waals surface area contributed by atoms with Crippen molar-refractivity contribution in [2.45, 2.75) is 24.8 Å². The second-order valence-corrected chi connectivity index (χ2v) is 6.65. The highest BCUT2D eigenvalue weighted by atomic mass is 16.5. The quantitative estimate of drug-likeness (QED) is 0.762. The van der Waals surface area contributed by atoms with Crippen LogP contribution < -0.4 is 5.32 Å². The number of likely N-dealkylation sites (tertiary alicyclic amines) is 1. The molecule has 0 atom stereocenters. The largest absolute Gasteiger partial charge is 0.465 e. The first kappa shape index (κ1) is 19.2. The normalized spacial score (nSPS) is 15.5. The highest BCUT2D eigenvalue weighted by molar-refractivity contribution is 5.95. The fraction of sp³-hybridized carbons (Fsp3) is 0.368. The molecule has 0 saturated carbocycles. The zero-order valence-electron chi connectivity index (χ0n) is 15.5. The van der Waals surface area contributed by atoms with Gasteiger partial charge in [0.1, 0.15) is 5.56 Å². The van der Waals surface area contributed by atoms with Crippen molar-refractivity contribution in [2.75, 3.05) is 25.5 Å². The van der Waals surface area contributed by atoms with Gasteiger partial charge in [-0.25, -0.2) is 9.59 Å². The van der Waals surface area contributed by atoms with Crippen molar-refractivity contribution in [3.05, 3.63) is 42.1 Å². The maximum absolute atomic E-state index is 12.3. The van der Waals surface area contributed by atoms with E-state index in [1.54, 1.807) is 10.9 Å². The number of benzene rings is 1. The van der Waals surface area contributed by atoms with Crippen molar-refractivity contribution in [1.82, 2.24) is 14.7 Å². The van der Waals surface area contributed by atoms with Crippen LogP contribution in [0.1, 0.15) is 29.6 Å². The zero-order chi connectivity index (χ0) is 20.1. The Bertz CT molecular complexity index is 895. The minimum absolute atomic E-state index is 0.160. The van der Waals surface area contributed by atoms with Crippen LogP contribution in [0.5, 0.6) is 0 Å². The van der Waals surface area contributed by atoms with Crippen LogP contribution in [0.25, 0.3) is 0 Å². The molecule has 2 N–H and O–H groups in total. The van der Waals surface area contributed by atoms with Crippen LogP contribution in [0, 0.1) is 11.3 Å². The van der Waals surface area contributed by atoms with Crippen molar-refractivity contribution in [1.29, 1.82) is 5.26 Å². The molecule has 146 valence electrons. The van der Waals surface area contributed by atoms with Gasteiger partial charge in [0, 0.05) is 25.0 Å². The Labute approximate surface area is 162 Å². The molecule has 3 rings (SSSR count). The summed E-state index contributed by atoms with van der Waals surface area (Å²) in [6, 6.07) is 11.5. The number of aromatic nitrogens is 2. The van der Waals surface area contributed by atoms with Gasteiger partial charge in [-0.1, -0.05) is 18.2 Å². The first-order chi connectivity index (χ1) is 13.5. The topological polar surface area (TPSA) is 120 Å². The van der Waals surface area contributed by atoms with Gasteiger partial charge in [-0.2, -0.15) is 10.4 Å². The number of carbonyl (C=O) groups is 2. The van der Waals surface area contributed by atoms with Gasteiger partial charge in [-0.05, 0) is 25.0 Å². The van der Waals surface area contributed by atoms with Gasteiger partial charge in [-0.15, -0.1) is 0 Å². The number of ether oxygens (including phenoxy) is 1. The molecule has 0 spiro atoms. The second kappa shape index (κ2) is 8.00. The number of piperidine rings is 1. The molecule has 28 heavy (non-hydrogen) atoms. The Balaban J connectivity index is 1.96. The minimum Gasteiger partial charge on any atom is -0.465 e. The van der Waals surface area contributed by atoms with Gasteiger partial charge in [0.25, 0.3) is 0 Å². The lowest BCUT2D eigenvalue weighted by molar-refractivity contribution is 0.0601. The molecule has 0 bridgehead atoms. The van der Waals surface area contributed by atoms with E-state index in [9.17, 15) is 20.0 Å². The molecule has 2 heterocycles. The molecule has 1 fully saturated rings. The molecule has 9 heteroatoms. The summed E-state index contributed by atoms with van der Waals surface area (Å²) in [6.07, 6.45) is 1.62. The smallest absolute Gasteiger partial charge is 0.407 e. The van der Waals surface area contributed by atoms with E-state index in [0.717, 1.165) is 5.69 Å². The third-order valence-corrected chi connectivity index (χ3v) is 5.01. The van der Waals surface area contributed by atoms with E-state index >= 15 is 0 Å². The molecule has 0 aliphatic carbocycles. The molecule has 1 aliphatic heterocycles. The Morgan fingerprint density at radius 2 is 2.00 bits per heavy atom. The van der Waals surface area contributed by atoms with Gasteiger partial charge in [-0.3, -0.25) is 4.68 Å². The van der Waals surface area contributed by atoms with Crippen molar-refractivity contribution in [2.24, 2.45) is 0 Å². The van der Waals surface area contributed by atoms with Crippen LogP contribution in [0.15, 0.2) is 36.5 Å². The number of hydrogen-bond donors (Lipinski definition) is 2. The monoisotopic (exact) mass is 383 g/mol. The maximum atomic E-state index is 12.3. The molecule has 1 amide bonds. The molecule has 1 saturated heterocycles. The fourth-order valence-electron chi connectivity index (χ4n) is 3.38. The molecule has 1 aromatic heterocycles. The summed E-state index contributed by atoms with van der Waals surface area (Å²) in [5.41, 5.74) is 0.331. The predicted molar refractivity (Wildman–Crippen MR) is 100 cm³/mol. The summed E-state index contributed by atoms with van der Waals surface area (Å²) < 4.78 is 6.49. The van der Waals surface area contributed by atoms with Gasteiger partial charge < -0.3 is 20.1 Å². The van der Waals surface area contributed by atoms with E-state index in [4.69, 9.17) is 4.74 Å². The van der Waals surface area contributed by atoms with E-state index < -0.39 is 17.6 Å². The van der Waals surface area contributed by atoms with E-state index in [1.807, 2.05) is 30.3 Å². The average Bonchev–Trinajstić information content (AvgIpc) is 3.13. The molecule has 2 aromatic rings. The third kappa shape index (κ3) is 3.76. The zero-order valence-corrected chi connectivity index (χ0v) is 15.5. The lowest BCUT2D eigenvalue weighted by atomic mass is 9.85. The van der Waals surface area contributed by atoms with Crippen LogP contribution in [0.3, 0.4) is 0 Å². The number of hydrogen-bond acceptors (Lipinski definition) is 6. The van der Waals surface area contributed by atoms with E-state index in [2.05, 4.69) is 16.5 Å².